The third kappa shape index (κ3) is 4.43. The largest absolute Gasteiger partial charge is 0.427 e. The van der Waals surface area contributed by atoms with Crippen LogP contribution in [-0.4, -0.2) is 25.9 Å². The van der Waals surface area contributed by atoms with Crippen LogP contribution in [0.25, 0.3) is 0 Å². The molecule has 1 heterocycles. The van der Waals surface area contributed by atoms with Crippen LogP contribution >= 0.6 is 0 Å². The molecule has 0 N–H and O–H groups in total. The minimum atomic E-state index is -3.21. The molecular formula is C19H15FO5S. The summed E-state index contributed by atoms with van der Waals surface area (Å²) in [5.41, 5.74) is 0.728. The van der Waals surface area contributed by atoms with Crippen molar-refractivity contribution in [1.82, 2.24) is 0 Å². The molecule has 0 fully saturated rings. The Hall–Kier alpha value is -2.80. The first-order valence-corrected chi connectivity index (χ1v) is 9.56. The van der Waals surface area contributed by atoms with Gasteiger partial charge in [-0.15, -0.1) is 0 Å². The van der Waals surface area contributed by atoms with E-state index in [1.54, 1.807) is 0 Å². The number of ether oxygens (including phenoxy) is 1. The molecule has 1 aliphatic rings. The third-order valence-corrected chi connectivity index (χ3v) is 5.35. The van der Waals surface area contributed by atoms with Crippen LogP contribution in [0.5, 0.6) is 5.75 Å². The Morgan fingerprint density at radius 2 is 1.58 bits per heavy atom. The fourth-order valence-corrected chi connectivity index (χ4v) is 4.00. The number of rotatable bonds is 5. The summed E-state index contributed by atoms with van der Waals surface area (Å²) < 4.78 is 40.7. The van der Waals surface area contributed by atoms with E-state index in [4.69, 9.17) is 4.74 Å². The van der Waals surface area contributed by atoms with Crippen LogP contribution in [-0.2, 0) is 14.6 Å². The van der Waals surface area contributed by atoms with E-state index in [0.717, 1.165) is 5.41 Å². The van der Waals surface area contributed by atoms with Crippen LogP contribution in [0.2, 0.25) is 0 Å². The molecule has 1 unspecified atom stereocenters. The standard InChI is InChI=1S/C19H15FO5S/c20-16-5-1-14(2-6-16)19(22)15-3-7-17(8-4-15)25-18(21)11-13-9-10-26(23,24)12-13/h1-10,13H,11-12H2. The highest BCUT2D eigenvalue weighted by Gasteiger charge is 2.24. The predicted octanol–water partition coefficient (Wildman–Crippen LogP) is 2.91. The van der Waals surface area contributed by atoms with Crippen LogP contribution in [0.3, 0.4) is 0 Å². The van der Waals surface area contributed by atoms with Gasteiger partial charge < -0.3 is 4.74 Å². The second kappa shape index (κ2) is 7.21. The van der Waals surface area contributed by atoms with Crippen LogP contribution in [0.15, 0.2) is 60.0 Å². The summed E-state index contributed by atoms with van der Waals surface area (Å²) in [5, 5.41) is 1.11. The molecule has 1 aliphatic heterocycles. The molecular weight excluding hydrogens is 359 g/mol. The number of hydrogen-bond acceptors (Lipinski definition) is 5. The lowest BCUT2D eigenvalue weighted by Crippen LogP contribution is -2.15. The summed E-state index contributed by atoms with van der Waals surface area (Å²) in [6.07, 6.45) is 1.45. The monoisotopic (exact) mass is 374 g/mol. The minimum absolute atomic E-state index is 0.0357. The number of benzene rings is 2. The summed E-state index contributed by atoms with van der Waals surface area (Å²) in [6.45, 7) is 0. The molecule has 0 amide bonds. The molecule has 2 aromatic carbocycles. The molecule has 0 spiro atoms. The van der Waals surface area contributed by atoms with Gasteiger partial charge in [0, 0.05) is 22.5 Å². The van der Waals surface area contributed by atoms with Gasteiger partial charge in [-0.25, -0.2) is 12.8 Å². The molecule has 7 heteroatoms. The van der Waals surface area contributed by atoms with Crippen molar-refractivity contribution in [2.24, 2.45) is 5.92 Å². The first-order chi connectivity index (χ1) is 12.3. The number of hydrogen-bond donors (Lipinski definition) is 0. The lowest BCUT2D eigenvalue weighted by Gasteiger charge is -2.08. The van der Waals surface area contributed by atoms with Crippen molar-refractivity contribution in [3.05, 3.63) is 77.0 Å². The molecule has 0 aliphatic carbocycles. The average molecular weight is 374 g/mol. The van der Waals surface area contributed by atoms with E-state index in [0.29, 0.717) is 11.1 Å². The number of carbonyl (C=O) groups excluding carboxylic acids is 2. The van der Waals surface area contributed by atoms with Gasteiger partial charge in [-0.3, -0.25) is 9.59 Å². The molecule has 3 rings (SSSR count). The SMILES string of the molecule is O=C(CC1C=CS(=O)(=O)C1)Oc1ccc(C(=O)c2ccc(F)cc2)cc1. The minimum Gasteiger partial charge on any atom is -0.427 e. The Kier molecular flexibility index (Phi) is 4.99. The van der Waals surface area contributed by atoms with E-state index in [9.17, 15) is 22.4 Å². The highest BCUT2D eigenvalue weighted by atomic mass is 32.2. The predicted molar refractivity (Wildman–Crippen MR) is 92.9 cm³/mol. The van der Waals surface area contributed by atoms with Gasteiger partial charge >= 0.3 is 5.97 Å². The highest BCUT2D eigenvalue weighted by molar-refractivity contribution is 7.94. The number of sulfone groups is 1. The topological polar surface area (TPSA) is 77.5 Å². The van der Waals surface area contributed by atoms with E-state index in [2.05, 4.69) is 0 Å². The molecule has 0 radical (unpaired) electrons. The zero-order chi connectivity index (χ0) is 18.7. The van der Waals surface area contributed by atoms with Gasteiger partial charge in [-0.05, 0) is 48.5 Å². The lowest BCUT2D eigenvalue weighted by molar-refractivity contribution is -0.134. The number of esters is 1. The first-order valence-electron chi connectivity index (χ1n) is 7.84. The third-order valence-electron chi connectivity index (χ3n) is 3.89. The number of halogens is 1. The van der Waals surface area contributed by atoms with Crippen molar-refractivity contribution in [1.29, 1.82) is 0 Å². The van der Waals surface area contributed by atoms with Gasteiger partial charge in [0.2, 0.25) is 0 Å². The number of carbonyl (C=O) groups is 2. The van der Waals surface area contributed by atoms with Crippen LogP contribution in [0.4, 0.5) is 4.39 Å². The Labute approximate surface area is 150 Å². The lowest BCUT2D eigenvalue weighted by atomic mass is 10.0. The van der Waals surface area contributed by atoms with Gasteiger partial charge in [-0.2, -0.15) is 0 Å². The van der Waals surface area contributed by atoms with E-state index in [1.807, 2.05) is 0 Å². The van der Waals surface area contributed by atoms with E-state index in [1.165, 1.54) is 54.6 Å². The second-order valence-electron chi connectivity index (χ2n) is 5.96. The number of allylic oxidation sites excluding steroid dienone is 1. The van der Waals surface area contributed by atoms with Crippen LogP contribution < -0.4 is 4.74 Å². The maximum absolute atomic E-state index is 12.9. The molecule has 5 nitrogen and oxygen atoms in total. The zero-order valence-corrected chi connectivity index (χ0v) is 14.4. The normalized spacial score (nSPS) is 17.8. The fourth-order valence-electron chi connectivity index (χ4n) is 2.60. The highest BCUT2D eigenvalue weighted by Crippen LogP contribution is 2.21. The molecule has 0 saturated heterocycles. The Bertz CT molecular complexity index is 960. The van der Waals surface area contributed by atoms with Gasteiger partial charge in [0.25, 0.3) is 0 Å². The molecule has 1 atom stereocenters. The van der Waals surface area contributed by atoms with Crippen molar-refractivity contribution >= 4 is 21.6 Å². The molecule has 2 aromatic rings. The molecule has 26 heavy (non-hydrogen) atoms. The Morgan fingerprint density at radius 1 is 1.00 bits per heavy atom. The summed E-state index contributed by atoms with van der Waals surface area (Å²) in [5.74, 6) is -1.46. The summed E-state index contributed by atoms with van der Waals surface area (Å²) in [7, 11) is -3.21. The van der Waals surface area contributed by atoms with Gasteiger partial charge in [0.1, 0.15) is 11.6 Å². The van der Waals surface area contributed by atoms with E-state index in [-0.39, 0.29) is 29.6 Å². The van der Waals surface area contributed by atoms with Crippen LogP contribution in [0.1, 0.15) is 22.3 Å². The average Bonchev–Trinajstić information content (AvgIpc) is 2.94. The molecule has 134 valence electrons. The van der Waals surface area contributed by atoms with E-state index < -0.39 is 21.6 Å². The van der Waals surface area contributed by atoms with Gasteiger partial charge in [0.15, 0.2) is 15.6 Å². The zero-order valence-electron chi connectivity index (χ0n) is 13.6. The fraction of sp³-hybridized carbons (Fsp3) is 0.158. The first kappa shape index (κ1) is 18.0. The summed E-state index contributed by atoms with van der Waals surface area (Å²) >= 11 is 0. The molecule has 0 saturated carbocycles. The number of ketones is 1. The van der Waals surface area contributed by atoms with Crippen LogP contribution in [0, 0.1) is 11.7 Å². The Balaban J connectivity index is 1.61. The van der Waals surface area contributed by atoms with Crippen molar-refractivity contribution in [2.45, 2.75) is 6.42 Å². The quantitative estimate of drug-likeness (QED) is 0.457. The molecule has 0 bridgehead atoms. The summed E-state index contributed by atoms with van der Waals surface area (Å²) in [4.78, 5) is 24.2. The van der Waals surface area contributed by atoms with Crippen molar-refractivity contribution < 1.29 is 27.1 Å². The smallest absolute Gasteiger partial charge is 0.311 e. The van der Waals surface area contributed by atoms with Gasteiger partial charge in [-0.1, -0.05) is 6.08 Å². The van der Waals surface area contributed by atoms with E-state index >= 15 is 0 Å². The van der Waals surface area contributed by atoms with Crippen molar-refractivity contribution in [2.75, 3.05) is 5.75 Å². The van der Waals surface area contributed by atoms with Gasteiger partial charge in [0.05, 0.1) is 12.2 Å². The van der Waals surface area contributed by atoms with Crippen molar-refractivity contribution in [3.63, 3.8) is 0 Å². The Morgan fingerprint density at radius 3 is 2.12 bits per heavy atom. The second-order valence-corrected chi connectivity index (χ2v) is 7.89. The molecule has 0 aromatic heterocycles. The van der Waals surface area contributed by atoms with Crippen molar-refractivity contribution in [3.8, 4) is 5.75 Å². The maximum Gasteiger partial charge on any atom is 0.311 e. The summed E-state index contributed by atoms with van der Waals surface area (Å²) in [6, 6.07) is 11.2. The maximum atomic E-state index is 12.9.